The number of rotatable bonds is 8. The molecular weight excluding hydrogens is 326 g/mol. The number of nitrogens with zero attached hydrogens (tertiary/aromatic N) is 1. The molecule has 0 radical (unpaired) electrons. The molecule has 0 saturated carbocycles. The molecule has 0 heterocycles. The summed E-state index contributed by atoms with van der Waals surface area (Å²) in [5, 5.41) is 19.5. The van der Waals surface area contributed by atoms with Crippen LogP contribution in [0.25, 0.3) is 0 Å². The van der Waals surface area contributed by atoms with E-state index in [4.69, 9.17) is 9.84 Å². The van der Waals surface area contributed by atoms with Crippen LogP contribution in [0.3, 0.4) is 0 Å². The standard InChI is InChI=1S/C18H17NO6/c20-17(21)11-6-14(12-13-4-2-1-3-5-13)18(22)25-16-9-7-15(8-10-16)19(23)24/h1-5,7-10,14H,6,11-12H2,(H,20,21)/t14-/m0/s1. The first-order chi connectivity index (χ1) is 12.0. The van der Waals surface area contributed by atoms with Gasteiger partial charge < -0.3 is 9.84 Å². The molecule has 0 fully saturated rings. The molecule has 7 heteroatoms. The third kappa shape index (κ3) is 5.72. The second kappa shape index (κ2) is 8.58. The molecule has 25 heavy (non-hydrogen) atoms. The number of non-ortho nitro benzene ring substituents is 1. The first-order valence-electron chi connectivity index (χ1n) is 7.67. The second-order valence-corrected chi connectivity index (χ2v) is 5.49. The van der Waals surface area contributed by atoms with Gasteiger partial charge in [-0.3, -0.25) is 19.7 Å². The largest absolute Gasteiger partial charge is 0.481 e. The lowest BCUT2D eigenvalue weighted by Crippen LogP contribution is -2.23. The van der Waals surface area contributed by atoms with Gasteiger partial charge in [-0.05, 0) is 30.5 Å². The van der Waals surface area contributed by atoms with Crippen LogP contribution in [0.5, 0.6) is 5.75 Å². The third-order valence-electron chi connectivity index (χ3n) is 3.63. The van der Waals surface area contributed by atoms with Gasteiger partial charge in [0.25, 0.3) is 5.69 Å². The fourth-order valence-electron chi connectivity index (χ4n) is 2.33. The van der Waals surface area contributed by atoms with E-state index in [9.17, 15) is 19.7 Å². The molecule has 2 aromatic rings. The quantitative estimate of drug-likeness (QED) is 0.341. The van der Waals surface area contributed by atoms with Crippen molar-refractivity contribution in [2.75, 3.05) is 0 Å². The lowest BCUT2D eigenvalue weighted by Gasteiger charge is -2.15. The molecule has 0 saturated heterocycles. The van der Waals surface area contributed by atoms with Crippen LogP contribution in [0, 0.1) is 16.0 Å². The van der Waals surface area contributed by atoms with Crippen molar-refractivity contribution in [1.82, 2.24) is 0 Å². The maximum absolute atomic E-state index is 12.4. The smallest absolute Gasteiger partial charge is 0.314 e. The molecule has 2 aromatic carbocycles. The minimum Gasteiger partial charge on any atom is -0.481 e. The molecule has 2 rings (SSSR count). The Kier molecular flexibility index (Phi) is 6.22. The highest BCUT2D eigenvalue weighted by Gasteiger charge is 2.22. The first kappa shape index (κ1) is 18.1. The highest BCUT2D eigenvalue weighted by atomic mass is 16.6. The third-order valence-corrected chi connectivity index (χ3v) is 3.63. The number of carbonyl (C=O) groups is 2. The summed E-state index contributed by atoms with van der Waals surface area (Å²) in [4.78, 5) is 33.3. The summed E-state index contributed by atoms with van der Waals surface area (Å²) >= 11 is 0. The zero-order valence-electron chi connectivity index (χ0n) is 13.3. The lowest BCUT2D eigenvalue weighted by molar-refractivity contribution is -0.384. The van der Waals surface area contributed by atoms with Crippen molar-refractivity contribution in [3.63, 3.8) is 0 Å². The monoisotopic (exact) mass is 343 g/mol. The van der Waals surface area contributed by atoms with Crippen LogP contribution in [0.15, 0.2) is 54.6 Å². The Hall–Kier alpha value is -3.22. The number of aliphatic carboxylic acids is 1. The first-order valence-corrected chi connectivity index (χ1v) is 7.67. The molecule has 7 nitrogen and oxygen atoms in total. The number of carboxylic acids is 1. The van der Waals surface area contributed by atoms with Gasteiger partial charge in [-0.25, -0.2) is 0 Å². The summed E-state index contributed by atoms with van der Waals surface area (Å²) < 4.78 is 5.26. The Bertz CT molecular complexity index is 742. The average molecular weight is 343 g/mol. The summed E-state index contributed by atoms with van der Waals surface area (Å²) in [5.41, 5.74) is 0.796. The number of hydrogen-bond acceptors (Lipinski definition) is 5. The van der Waals surface area contributed by atoms with E-state index in [-0.39, 0.29) is 24.3 Å². The molecule has 0 spiro atoms. The van der Waals surface area contributed by atoms with Gasteiger partial charge in [0.15, 0.2) is 0 Å². The summed E-state index contributed by atoms with van der Waals surface area (Å²) in [6, 6.07) is 14.4. The number of carbonyl (C=O) groups excluding carboxylic acids is 1. The number of ether oxygens (including phenoxy) is 1. The molecule has 0 unspecified atom stereocenters. The van der Waals surface area contributed by atoms with Crippen molar-refractivity contribution >= 4 is 17.6 Å². The van der Waals surface area contributed by atoms with Crippen LogP contribution >= 0.6 is 0 Å². The maximum Gasteiger partial charge on any atom is 0.314 e. The molecule has 1 N–H and O–H groups in total. The van der Waals surface area contributed by atoms with Gasteiger partial charge in [0.05, 0.1) is 10.8 Å². The Morgan fingerprint density at radius 3 is 2.28 bits per heavy atom. The van der Waals surface area contributed by atoms with E-state index in [1.807, 2.05) is 30.3 Å². The number of nitro groups is 1. The summed E-state index contributed by atoms with van der Waals surface area (Å²) in [5.74, 6) is -1.97. The van der Waals surface area contributed by atoms with Crippen LogP contribution < -0.4 is 4.74 Å². The molecule has 0 aromatic heterocycles. The van der Waals surface area contributed by atoms with Gasteiger partial charge in [0.2, 0.25) is 0 Å². The molecule has 1 atom stereocenters. The second-order valence-electron chi connectivity index (χ2n) is 5.49. The fourth-order valence-corrected chi connectivity index (χ4v) is 2.33. The van der Waals surface area contributed by atoms with Crippen LogP contribution in [0.4, 0.5) is 5.69 Å². The van der Waals surface area contributed by atoms with Gasteiger partial charge in [-0.1, -0.05) is 30.3 Å². The predicted molar refractivity (Wildman–Crippen MR) is 89.2 cm³/mol. The highest BCUT2D eigenvalue weighted by molar-refractivity contribution is 5.76. The van der Waals surface area contributed by atoms with E-state index < -0.39 is 22.8 Å². The van der Waals surface area contributed by atoms with Crippen molar-refractivity contribution in [1.29, 1.82) is 0 Å². The van der Waals surface area contributed by atoms with Crippen molar-refractivity contribution in [3.8, 4) is 5.75 Å². The highest BCUT2D eigenvalue weighted by Crippen LogP contribution is 2.21. The van der Waals surface area contributed by atoms with Gasteiger partial charge in [-0.2, -0.15) is 0 Å². The number of esters is 1. The zero-order valence-corrected chi connectivity index (χ0v) is 13.3. The van der Waals surface area contributed by atoms with Gasteiger partial charge in [0.1, 0.15) is 5.75 Å². The minimum atomic E-state index is -0.985. The van der Waals surface area contributed by atoms with Gasteiger partial charge in [0, 0.05) is 18.6 Å². The number of carboxylic acid groups (broad SMARTS) is 1. The fraction of sp³-hybridized carbons (Fsp3) is 0.222. The molecule has 0 aliphatic rings. The van der Waals surface area contributed by atoms with Crippen molar-refractivity contribution < 1.29 is 24.4 Å². The van der Waals surface area contributed by atoms with E-state index in [1.54, 1.807) is 0 Å². The van der Waals surface area contributed by atoms with Crippen LogP contribution in [0.1, 0.15) is 18.4 Å². The SMILES string of the molecule is O=C(O)CC[C@@H](Cc1ccccc1)C(=O)Oc1ccc([N+](=O)[O-])cc1. The van der Waals surface area contributed by atoms with Crippen LogP contribution in [-0.2, 0) is 16.0 Å². The van der Waals surface area contributed by atoms with Crippen molar-refractivity contribution in [3.05, 3.63) is 70.3 Å². The molecule has 0 aliphatic carbocycles. The lowest BCUT2D eigenvalue weighted by atomic mass is 9.95. The van der Waals surface area contributed by atoms with Crippen LogP contribution in [-0.4, -0.2) is 22.0 Å². The number of nitro benzene ring substituents is 1. The van der Waals surface area contributed by atoms with E-state index in [0.717, 1.165) is 5.56 Å². The van der Waals surface area contributed by atoms with E-state index in [1.165, 1.54) is 24.3 Å². The maximum atomic E-state index is 12.4. The topological polar surface area (TPSA) is 107 Å². The summed E-state index contributed by atoms with van der Waals surface area (Å²) in [6.07, 6.45) is 0.364. The zero-order chi connectivity index (χ0) is 18.2. The molecule has 0 bridgehead atoms. The molecule has 0 aliphatic heterocycles. The van der Waals surface area contributed by atoms with Crippen LogP contribution in [0.2, 0.25) is 0 Å². The Morgan fingerprint density at radius 1 is 1.08 bits per heavy atom. The Balaban J connectivity index is 2.07. The average Bonchev–Trinajstić information content (AvgIpc) is 2.59. The van der Waals surface area contributed by atoms with Gasteiger partial charge >= 0.3 is 11.9 Å². The normalized spacial score (nSPS) is 11.5. The van der Waals surface area contributed by atoms with E-state index in [0.29, 0.717) is 6.42 Å². The minimum absolute atomic E-state index is 0.105. The Labute approximate surface area is 144 Å². The van der Waals surface area contributed by atoms with Crippen molar-refractivity contribution in [2.24, 2.45) is 5.92 Å². The number of benzene rings is 2. The molecular formula is C18H17NO6. The van der Waals surface area contributed by atoms with E-state index in [2.05, 4.69) is 0 Å². The molecule has 130 valence electrons. The Morgan fingerprint density at radius 2 is 1.72 bits per heavy atom. The van der Waals surface area contributed by atoms with Gasteiger partial charge in [-0.15, -0.1) is 0 Å². The summed E-state index contributed by atoms with van der Waals surface area (Å²) in [7, 11) is 0. The van der Waals surface area contributed by atoms with Crippen molar-refractivity contribution in [2.45, 2.75) is 19.3 Å². The molecule has 0 amide bonds. The number of hydrogen-bond donors (Lipinski definition) is 1. The predicted octanol–water partition coefficient (Wildman–Crippen LogP) is 3.22. The van der Waals surface area contributed by atoms with E-state index >= 15 is 0 Å². The summed E-state index contributed by atoms with van der Waals surface area (Å²) in [6.45, 7) is 0.